The van der Waals surface area contributed by atoms with Crippen LogP contribution in [0.25, 0.3) is 0 Å². The molecule has 30 heavy (non-hydrogen) atoms. The first kappa shape index (κ1) is 22.5. The Balaban J connectivity index is 1.84. The number of ether oxygens (including phenoxy) is 3. The van der Waals surface area contributed by atoms with Crippen LogP contribution in [0.2, 0.25) is 0 Å². The fourth-order valence-corrected chi connectivity index (χ4v) is 4.32. The van der Waals surface area contributed by atoms with E-state index in [0.29, 0.717) is 36.8 Å². The van der Waals surface area contributed by atoms with Crippen molar-refractivity contribution in [1.82, 2.24) is 4.90 Å². The summed E-state index contributed by atoms with van der Waals surface area (Å²) >= 11 is 6.07. The number of nitrogens with zero attached hydrogens (tertiary/aromatic N) is 1. The van der Waals surface area contributed by atoms with E-state index < -0.39 is 17.6 Å². The van der Waals surface area contributed by atoms with E-state index in [2.05, 4.69) is 6.58 Å². The highest BCUT2D eigenvalue weighted by Crippen LogP contribution is 2.39. The fraction of sp³-hybridized carbons (Fsp3) is 0.565. The molecule has 3 atom stereocenters. The molecule has 0 bridgehead atoms. The number of benzene rings is 1. The second-order valence-electron chi connectivity index (χ2n) is 8.68. The molecule has 6 nitrogen and oxygen atoms in total. The van der Waals surface area contributed by atoms with Gasteiger partial charge < -0.3 is 19.1 Å². The third kappa shape index (κ3) is 4.91. The molecule has 0 saturated carbocycles. The molecule has 1 aromatic carbocycles. The van der Waals surface area contributed by atoms with Gasteiger partial charge in [0.2, 0.25) is 12.7 Å². The lowest BCUT2D eigenvalue weighted by molar-refractivity contribution is -0.164. The highest BCUT2D eigenvalue weighted by atomic mass is 35.5. The summed E-state index contributed by atoms with van der Waals surface area (Å²) in [5.41, 5.74) is 0.311. The van der Waals surface area contributed by atoms with Crippen molar-refractivity contribution in [3.8, 4) is 11.5 Å². The molecule has 2 aliphatic rings. The largest absolute Gasteiger partial charge is 0.458 e. The predicted octanol–water partition coefficient (Wildman–Crippen LogP) is 4.26. The Morgan fingerprint density at radius 3 is 2.73 bits per heavy atom. The van der Waals surface area contributed by atoms with Crippen LogP contribution in [0.4, 0.5) is 0 Å². The van der Waals surface area contributed by atoms with E-state index >= 15 is 0 Å². The Morgan fingerprint density at radius 2 is 2.07 bits per heavy atom. The van der Waals surface area contributed by atoms with Crippen LogP contribution in [0, 0.1) is 5.92 Å². The van der Waals surface area contributed by atoms with E-state index in [0.717, 1.165) is 12.0 Å². The summed E-state index contributed by atoms with van der Waals surface area (Å²) in [6, 6.07) is 5.09. The first-order valence-corrected chi connectivity index (χ1v) is 10.9. The van der Waals surface area contributed by atoms with Crippen LogP contribution in [-0.2, 0) is 14.3 Å². The number of likely N-dealkylation sites (tertiary alicyclic amines) is 1. The molecule has 1 amide bonds. The van der Waals surface area contributed by atoms with Gasteiger partial charge in [-0.25, -0.2) is 4.79 Å². The molecule has 0 aromatic heterocycles. The third-order valence-electron chi connectivity index (χ3n) is 5.42. The Bertz CT molecular complexity index is 803. The first-order valence-electron chi connectivity index (χ1n) is 10.4. The molecule has 0 unspecified atom stereocenters. The van der Waals surface area contributed by atoms with Gasteiger partial charge in [-0.1, -0.05) is 12.1 Å². The maximum atomic E-state index is 13.6. The molecule has 7 heteroatoms. The molecular weight excluding hydrogens is 406 g/mol. The lowest BCUT2D eigenvalue weighted by Crippen LogP contribution is -2.46. The fourth-order valence-electron chi connectivity index (χ4n) is 4.09. The topological polar surface area (TPSA) is 65.1 Å². The van der Waals surface area contributed by atoms with Gasteiger partial charge >= 0.3 is 5.97 Å². The van der Waals surface area contributed by atoms with Gasteiger partial charge in [0, 0.05) is 24.3 Å². The number of carbonyl (C=O) groups is 2. The smallest absolute Gasteiger partial charge is 0.329 e. The maximum absolute atomic E-state index is 13.6. The number of carbonyl (C=O) groups excluding carboxylic acids is 2. The van der Waals surface area contributed by atoms with Crippen molar-refractivity contribution in [2.75, 3.05) is 19.2 Å². The molecule has 1 aromatic rings. The molecule has 3 rings (SSSR count). The number of allylic oxidation sites excluding steroid dienone is 1. The van der Waals surface area contributed by atoms with Crippen molar-refractivity contribution in [2.45, 2.75) is 57.6 Å². The molecule has 1 fully saturated rings. The number of halogens is 1. The monoisotopic (exact) mass is 435 g/mol. The van der Waals surface area contributed by atoms with E-state index in [1.54, 1.807) is 11.0 Å². The summed E-state index contributed by atoms with van der Waals surface area (Å²) in [5, 5.41) is 0. The molecule has 2 heterocycles. The van der Waals surface area contributed by atoms with Crippen molar-refractivity contribution in [1.29, 1.82) is 0 Å². The minimum absolute atomic E-state index is 0.0911. The Morgan fingerprint density at radius 1 is 1.33 bits per heavy atom. The minimum atomic E-state index is -0.597. The molecule has 0 N–H and O–H groups in total. The van der Waals surface area contributed by atoms with E-state index in [9.17, 15) is 9.59 Å². The molecular formula is C23H30ClNO5. The normalized spacial score (nSPS) is 20.0. The van der Waals surface area contributed by atoms with Gasteiger partial charge in [-0.2, -0.15) is 0 Å². The summed E-state index contributed by atoms with van der Waals surface area (Å²) in [4.78, 5) is 27.9. The summed E-state index contributed by atoms with van der Waals surface area (Å²) in [5.74, 6) is 0.545. The van der Waals surface area contributed by atoms with Crippen molar-refractivity contribution in [3.05, 3.63) is 36.4 Å². The van der Waals surface area contributed by atoms with Crippen molar-refractivity contribution < 1.29 is 23.8 Å². The number of esters is 1. The standard InChI is InChI=1S/C23H30ClNO5/c1-5-16(15-8-9-19-20(13-15)29-14-28-19)17(10-11-24)21(26)25-12-6-7-18(25)22(27)30-23(2,3)4/h5,8-9,13,16-18H,1,6-7,10-12,14H2,2-4H3/t16-,17-,18+/m1/s1. The van der Waals surface area contributed by atoms with Gasteiger partial charge in [0.25, 0.3) is 0 Å². The maximum Gasteiger partial charge on any atom is 0.329 e. The van der Waals surface area contributed by atoms with Crippen LogP contribution >= 0.6 is 11.6 Å². The summed E-state index contributed by atoms with van der Waals surface area (Å²) in [6.07, 6.45) is 3.62. The van der Waals surface area contributed by atoms with Crippen molar-refractivity contribution in [3.63, 3.8) is 0 Å². The molecule has 2 aliphatic heterocycles. The number of rotatable bonds is 7. The molecule has 1 saturated heterocycles. The van der Waals surface area contributed by atoms with Gasteiger partial charge in [0.15, 0.2) is 11.5 Å². The van der Waals surface area contributed by atoms with Crippen molar-refractivity contribution in [2.24, 2.45) is 5.92 Å². The number of alkyl halides is 1. The Kier molecular flexibility index (Phi) is 6.96. The zero-order chi connectivity index (χ0) is 21.9. The van der Waals surface area contributed by atoms with Crippen LogP contribution in [0.5, 0.6) is 11.5 Å². The second kappa shape index (κ2) is 9.29. The van der Waals surface area contributed by atoms with Crippen LogP contribution in [0.1, 0.15) is 51.5 Å². The zero-order valence-electron chi connectivity index (χ0n) is 17.9. The van der Waals surface area contributed by atoms with Crippen LogP contribution in [0.3, 0.4) is 0 Å². The van der Waals surface area contributed by atoms with Crippen molar-refractivity contribution >= 4 is 23.5 Å². The summed E-state index contributed by atoms with van der Waals surface area (Å²) in [7, 11) is 0. The predicted molar refractivity (Wildman–Crippen MR) is 115 cm³/mol. The van der Waals surface area contributed by atoms with Gasteiger partial charge in [-0.3, -0.25) is 4.79 Å². The van der Waals surface area contributed by atoms with Crippen LogP contribution in [-0.4, -0.2) is 47.6 Å². The number of hydrogen-bond donors (Lipinski definition) is 0. The molecule has 164 valence electrons. The second-order valence-corrected chi connectivity index (χ2v) is 9.06. The number of hydrogen-bond acceptors (Lipinski definition) is 5. The van der Waals surface area contributed by atoms with Gasteiger partial charge in [0.1, 0.15) is 11.6 Å². The lowest BCUT2D eigenvalue weighted by atomic mass is 9.83. The van der Waals surface area contributed by atoms with E-state index in [1.807, 2.05) is 39.0 Å². The third-order valence-corrected chi connectivity index (χ3v) is 5.64. The van der Waals surface area contributed by atoms with Gasteiger partial charge in [0.05, 0.1) is 0 Å². The molecule has 0 radical (unpaired) electrons. The minimum Gasteiger partial charge on any atom is -0.458 e. The first-order chi connectivity index (χ1) is 14.2. The SMILES string of the molecule is C=C[C@H](c1ccc2c(c1)OCO2)[C@@H](CCCl)C(=O)N1CCC[C@H]1C(=O)OC(C)(C)C. The van der Waals surface area contributed by atoms with Gasteiger partial charge in [-0.05, 0) is 57.7 Å². The van der Waals surface area contributed by atoms with Gasteiger partial charge in [-0.15, -0.1) is 18.2 Å². The Labute approximate surface area is 183 Å². The number of amides is 1. The molecule has 0 spiro atoms. The average Bonchev–Trinajstić information content (AvgIpc) is 3.35. The zero-order valence-corrected chi connectivity index (χ0v) is 18.6. The highest BCUT2D eigenvalue weighted by Gasteiger charge is 2.41. The lowest BCUT2D eigenvalue weighted by Gasteiger charge is -2.32. The van der Waals surface area contributed by atoms with E-state index in [1.165, 1.54) is 0 Å². The number of fused-ring (bicyclic) bond motifs is 1. The quantitative estimate of drug-likeness (QED) is 0.363. The van der Waals surface area contributed by atoms with E-state index in [-0.39, 0.29) is 24.6 Å². The summed E-state index contributed by atoms with van der Waals surface area (Å²) < 4.78 is 16.4. The highest BCUT2D eigenvalue weighted by molar-refractivity contribution is 6.18. The molecule has 0 aliphatic carbocycles. The van der Waals surface area contributed by atoms with Crippen LogP contribution < -0.4 is 9.47 Å². The summed E-state index contributed by atoms with van der Waals surface area (Å²) in [6.45, 7) is 10.2. The average molecular weight is 436 g/mol. The Hall–Kier alpha value is -2.21. The van der Waals surface area contributed by atoms with E-state index in [4.69, 9.17) is 25.8 Å². The van der Waals surface area contributed by atoms with Crippen LogP contribution in [0.15, 0.2) is 30.9 Å².